The molecule has 0 atom stereocenters. The van der Waals surface area contributed by atoms with E-state index in [1.54, 1.807) is 0 Å². The van der Waals surface area contributed by atoms with Crippen molar-refractivity contribution < 1.29 is 0 Å². The van der Waals surface area contributed by atoms with Gasteiger partial charge < -0.3 is 4.98 Å². The number of aromatic nitrogens is 1. The molecular formula is C20H16N. The highest BCUT2D eigenvalue weighted by molar-refractivity contribution is 5.86. The van der Waals surface area contributed by atoms with E-state index in [0.29, 0.717) is 0 Å². The van der Waals surface area contributed by atoms with Crippen molar-refractivity contribution in [3.05, 3.63) is 90.5 Å². The lowest BCUT2D eigenvalue weighted by atomic mass is 9.96. The van der Waals surface area contributed by atoms with E-state index in [1.807, 2.05) is 0 Å². The van der Waals surface area contributed by atoms with E-state index in [9.17, 15) is 0 Å². The molecule has 1 heterocycles. The average molecular weight is 270 g/mol. The lowest BCUT2D eigenvalue weighted by Gasteiger charge is -2.08. The van der Waals surface area contributed by atoms with Gasteiger partial charge in [-0.05, 0) is 46.9 Å². The van der Waals surface area contributed by atoms with Crippen LogP contribution in [0.2, 0.25) is 0 Å². The minimum atomic E-state index is 0.910. The summed E-state index contributed by atoms with van der Waals surface area (Å²) >= 11 is 0. The van der Waals surface area contributed by atoms with Gasteiger partial charge in [0.2, 0.25) is 0 Å². The normalized spacial score (nSPS) is 11.3. The lowest BCUT2D eigenvalue weighted by molar-refractivity contribution is 1.20. The lowest BCUT2D eigenvalue weighted by Crippen LogP contribution is -1.91. The summed E-state index contributed by atoms with van der Waals surface area (Å²) in [6, 6.07) is 21.3. The Morgan fingerprint density at radius 1 is 0.810 bits per heavy atom. The summed E-state index contributed by atoms with van der Waals surface area (Å²) in [7, 11) is 0. The molecule has 0 fully saturated rings. The van der Waals surface area contributed by atoms with Crippen LogP contribution in [0.5, 0.6) is 0 Å². The Balaban J connectivity index is 1.82. The van der Waals surface area contributed by atoms with Gasteiger partial charge in [0.05, 0.1) is 0 Å². The van der Waals surface area contributed by atoms with Crippen LogP contribution in [0, 0.1) is 6.92 Å². The van der Waals surface area contributed by atoms with E-state index in [0.717, 1.165) is 12.0 Å². The molecule has 0 bridgehead atoms. The third-order valence-corrected chi connectivity index (χ3v) is 4.12. The van der Waals surface area contributed by atoms with Crippen molar-refractivity contribution in [1.82, 2.24) is 4.98 Å². The number of rotatable bonds is 2. The van der Waals surface area contributed by atoms with E-state index in [4.69, 9.17) is 0 Å². The van der Waals surface area contributed by atoms with Gasteiger partial charge in [-0.2, -0.15) is 0 Å². The van der Waals surface area contributed by atoms with Crippen molar-refractivity contribution in [2.24, 2.45) is 0 Å². The van der Waals surface area contributed by atoms with E-state index in [2.05, 4.69) is 78.8 Å². The second-order valence-corrected chi connectivity index (χ2v) is 5.50. The van der Waals surface area contributed by atoms with Crippen molar-refractivity contribution in [2.45, 2.75) is 6.42 Å². The van der Waals surface area contributed by atoms with Crippen molar-refractivity contribution in [2.75, 3.05) is 0 Å². The number of aromatic amines is 1. The zero-order chi connectivity index (χ0) is 14.2. The Morgan fingerprint density at radius 2 is 1.52 bits per heavy atom. The average Bonchev–Trinajstić information content (AvgIpc) is 2.91. The zero-order valence-corrected chi connectivity index (χ0v) is 11.8. The highest BCUT2D eigenvalue weighted by Crippen LogP contribution is 2.25. The zero-order valence-electron chi connectivity index (χ0n) is 11.8. The summed E-state index contributed by atoms with van der Waals surface area (Å²) < 4.78 is 0. The smallest absolute Gasteiger partial charge is 0.0456 e. The van der Waals surface area contributed by atoms with Crippen molar-refractivity contribution in [1.29, 1.82) is 0 Å². The van der Waals surface area contributed by atoms with Gasteiger partial charge in [0, 0.05) is 17.1 Å². The molecular weight excluding hydrogens is 254 g/mol. The largest absolute Gasteiger partial charge is 0.361 e. The van der Waals surface area contributed by atoms with Gasteiger partial charge in [-0.15, -0.1) is 0 Å². The molecule has 1 nitrogen and oxygen atoms in total. The number of fused-ring (bicyclic) bond motifs is 2. The van der Waals surface area contributed by atoms with Crippen molar-refractivity contribution >= 4 is 21.7 Å². The molecule has 0 unspecified atom stereocenters. The molecule has 0 amide bonds. The second kappa shape index (κ2) is 4.78. The highest BCUT2D eigenvalue weighted by atomic mass is 14.7. The molecule has 1 radical (unpaired) electrons. The maximum atomic E-state index is 4.22. The van der Waals surface area contributed by atoms with Crippen LogP contribution in [0.1, 0.15) is 16.7 Å². The maximum Gasteiger partial charge on any atom is 0.0456 e. The van der Waals surface area contributed by atoms with Crippen LogP contribution < -0.4 is 0 Å². The molecule has 4 aromatic rings. The molecule has 1 heteroatoms. The summed E-state index contributed by atoms with van der Waals surface area (Å²) in [6.45, 7) is 4.22. The second-order valence-electron chi connectivity index (χ2n) is 5.50. The standard InChI is InChI=1S/C20H16N/c1-14-10-15-6-2-3-7-16(15)11-17(14)12-18-13-21-20-9-5-4-8-19(18)20/h2-11,13,21H,1,12H2. The number of H-pyrrole nitrogens is 1. The first-order valence-corrected chi connectivity index (χ1v) is 7.20. The molecule has 101 valence electrons. The van der Waals surface area contributed by atoms with Gasteiger partial charge in [-0.3, -0.25) is 0 Å². The first-order valence-electron chi connectivity index (χ1n) is 7.20. The predicted octanol–water partition coefficient (Wildman–Crippen LogP) is 5.09. The molecule has 4 rings (SSSR count). The van der Waals surface area contributed by atoms with Gasteiger partial charge in [0.1, 0.15) is 0 Å². The Morgan fingerprint density at radius 3 is 2.38 bits per heavy atom. The first kappa shape index (κ1) is 12.2. The molecule has 0 aliphatic heterocycles. The van der Waals surface area contributed by atoms with Crippen molar-refractivity contribution in [3.63, 3.8) is 0 Å². The number of para-hydroxylation sites is 1. The molecule has 0 saturated carbocycles. The number of hydrogen-bond acceptors (Lipinski definition) is 0. The SMILES string of the molecule is [CH2]c1cc2ccccc2cc1Cc1c[nH]c2ccccc12. The van der Waals surface area contributed by atoms with Crippen molar-refractivity contribution in [3.8, 4) is 0 Å². The summed E-state index contributed by atoms with van der Waals surface area (Å²) in [5.41, 5.74) is 4.92. The van der Waals surface area contributed by atoms with E-state index in [1.165, 1.54) is 32.8 Å². The fourth-order valence-electron chi connectivity index (χ4n) is 2.98. The fourth-order valence-corrected chi connectivity index (χ4v) is 2.98. The molecule has 0 aliphatic carbocycles. The minimum Gasteiger partial charge on any atom is -0.361 e. The summed E-state index contributed by atoms with van der Waals surface area (Å²) in [5.74, 6) is 0. The third kappa shape index (κ3) is 2.11. The van der Waals surface area contributed by atoms with Gasteiger partial charge >= 0.3 is 0 Å². The van der Waals surface area contributed by atoms with Gasteiger partial charge in [-0.1, -0.05) is 54.6 Å². The van der Waals surface area contributed by atoms with Crippen LogP contribution in [0.3, 0.4) is 0 Å². The first-order chi connectivity index (χ1) is 10.3. The fraction of sp³-hybridized carbons (Fsp3) is 0.0500. The predicted molar refractivity (Wildman–Crippen MR) is 89.5 cm³/mol. The van der Waals surface area contributed by atoms with Crippen LogP contribution in [-0.4, -0.2) is 4.98 Å². The number of hydrogen-bond donors (Lipinski definition) is 1. The quantitative estimate of drug-likeness (QED) is 0.522. The molecule has 1 aromatic heterocycles. The van der Waals surface area contributed by atoms with E-state index < -0.39 is 0 Å². The van der Waals surface area contributed by atoms with Gasteiger partial charge in [-0.25, -0.2) is 0 Å². The topological polar surface area (TPSA) is 15.8 Å². The van der Waals surface area contributed by atoms with Crippen LogP contribution >= 0.6 is 0 Å². The van der Waals surface area contributed by atoms with Crippen LogP contribution in [0.15, 0.2) is 66.9 Å². The van der Waals surface area contributed by atoms with Crippen LogP contribution in [0.25, 0.3) is 21.7 Å². The van der Waals surface area contributed by atoms with Gasteiger partial charge in [0.15, 0.2) is 0 Å². The van der Waals surface area contributed by atoms with E-state index in [-0.39, 0.29) is 0 Å². The number of nitrogens with one attached hydrogen (secondary N) is 1. The molecule has 21 heavy (non-hydrogen) atoms. The Labute approximate surface area is 124 Å². The highest BCUT2D eigenvalue weighted by Gasteiger charge is 2.07. The Hall–Kier alpha value is -2.54. The molecule has 0 spiro atoms. The Kier molecular flexibility index (Phi) is 2.78. The molecule has 0 aliphatic rings. The van der Waals surface area contributed by atoms with Crippen LogP contribution in [0.4, 0.5) is 0 Å². The minimum absolute atomic E-state index is 0.910. The Bertz CT molecular complexity index is 931. The van der Waals surface area contributed by atoms with E-state index >= 15 is 0 Å². The number of benzene rings is 3. The molecule has 3 aromatic carbocycles. The molecule has 1 N–H and O–H groups in total. The van der Waals surface area contributed by atoms with Gasteiger partial charge in [0.25, 0.3) is 0 Å². The third-order valence-electron chi connectivity index (χ3n) is 4.12. The summed E-state index contributed by atoms with van der Waals surface area (Å²) in [6.07, 6.45) is 3.02. The summed E-state index contributed by atoms with van der Waals surface area (Å²) in [5, 5.41) is 3.83. The van der Waals surface area contributed by atoms with Crippen LogP contribution in [-0.2, 0) is 6.42 Å². The summed E-state index contributed by atoms with van der Waals surface area (Å²) in [4.78, 5) is 3.34. The monoisotopic (exact) mass is 270 g/mol. The maximum absolute atomic E-state index is 4.22. The molecule has 0 saturated heterocycles.